The molecule has 2 aliphatic carbocycles. The van der Waals surface area contributed by atoms with E-state index in [4.69, 9.17) is 0 Å². The highest BCUT2D eigenvalue weighted by Gasteiger charge is 2.31. The Bertz CT molecular complexity index is 532. The van der Waals surface area contributed by atoms with Crippen molar-refractivity contribution in [2.75, 3.05) is 0 Å². The highest BCUT2D eigenvalue weighted by atomic mass is 79.9. The lowest BCUT2D eigenvalue weighted by Crippen LogP contribution is -2.25. The van der Waals surface area contributed by atoms with Crippen molar-refractivity contribution in [3.05, 3.63) is 34.3 Å². The van der Waals surface area contributed by atoms with Crippen molar-refractivity contribution in [2.45, 2.75) is 122 Å². The third-order valence-corrected chi connectivity index (χ3v) is 8.67. The summed E-state index contributed by atoms with van der Waals surface area (Å²) in [5.41, 5.74) is 1.57. The Labute approximate surface area is 189 Å². The molecule has 1 aromatic rings. The van der Waals surface area contributed by atoms with E-state index in [-0.39, 0.29) is 0 Å². The summed E-state index contributed by atoms with van der Waals surface area (Å²) in [6, 6.07) is 9.11. The molecule has 0 atom stereocenters. The van der Waals surface area contributed by atoms with Crippen LogP contribution in [0.5, 0.6) is 0 Å². The second kappa shape index (κ2) is 13.2. The lowest BCUT2D eigenvalue weighted by molar-refractivity contribution is 0.155. The van der Waals surface area contributed by atoms with Crippen molar-refractivity contribution in [1.82, 2.24) is 0 Å². The monoisotopic (exact) mass is 460 g/mol. The predicted octanol–water partition coefficient (Wildman–Crippen LogP) is 10.1. The molecule has 0 heterocycles. The average Bonchev–Trinajstić information content (AvgIpc) is 2.77. The molecule has 0 unspecified atom stereocenters. The second-order valence-corrected chi connectivity index (χ2v) is 11.1. The van der Waals surface area contributed by atoms with Gasteiger partial charge < -0.3 is 0 Å². The first-order valence-electron chi connectivity index (χ1n) is 13.0. The van der Waals surface area contributed by atoms with Gasteiger partial charge in [-0.15, -0.1) is 0 Å². The maximum absolute atomic E-state index is 3.57. The zero-order valence-electron chi connectivity index (χ0n) is 19.0. The fourth-order valence-electron chi connectivity index (χ4n) is 6.17. The van der Waals surface area contributed by atoms with Gasteiger partial charge in [-0.3, -0.25) is 0 Å². The highest BCUT2D eigenvalue weighted by molar-refractivity contribution is 9.10. The summed E-state index contributed by atoms with van der Waals surface area (Å²) < 4.78 is 1.21. The minimum atomic E-state index is 0.817. The standard InChI is InChI=1S/C28H45Br/c1-2-3-4-5-6-7-8-9-10-23-11-13-24(14-12-23)25-15-17-26(18-16-25)27-19-21-28(29)22-20-27/h19-26H,2-18H2,1H3/t23-,24-,25-,26-. The molecule has 0 saturated heterocycles. The molecule has 0 spiro atoms. The van der Waals surface area contributed by atoms with Crippen LogP contribution in [0.15, 0.2) is 28.7 Å². The molecule has 0 bridgehead atoms. The molecule has 3 rings (SSSR count). The van der Waals surface area contributed by atoms with Crippen LogP contribution in [0.4, 0.5) is 0 Å². The van der Waals surface area contributed by atoms with Crippen LogP contribution in [0.25, 0.3) is 0 Å². The molecule has 1 aromatic carbocycles. The molecule has 2 saturated carbocycles. The molecule has 0 radical (unpaired) electrons. The van der Waals surface area contributed by atoms with Crippen molar-refractivity contribution in [2.24, 2.45) is 17.8 Å². The molecule has 0 aliphatic heterocycles. The molecule has 2 fully saturated rings. The van der Waals surface area contributed by atoms with Crippen molar-refractivity contribution in [3.63, 3.8) is 0 Å². The normalized spacial score (nSPS) is 27.8. The van der Waals surface area contributed by atoms with Gasteiger partial charge in [0.2, 0.25) is 0 Å². The fourth-order valence-corrected chi connectivity index (χ4v) is 6.44. The van der Waals surface area contributed by atoms with Gasteiger partial charge in [0.05, 0.1) is 0 Å². The molecule has 0 aromatic heterocycles. The first kappa shape index (κ1) is 23.4. The molecule has 0 amide bonds. The van der Waals surface area contributed by atoms with Crippen LogP contribution in [-0.2, 0) is 0 Å². The van der Waals surface area contributed by atoms with E-state index in [0.717, 1.165) is 23.7 Å². The van der Waals surface area contributed by atoms with Crippen molar-refractivity contribution in [1.29, 1.82) is 0 Å². The van der Waals surface area contributed by atoms with Crippen LogP contribution >= 0.6 is 15.9 Å². The lowest BCUT2D eigenvalue weighted by Gasteiger charge is -2.38. The minimum Gasteiger partial charge on any atom is -0.0654 e. The molecule has 2 aliphatic rings. The van der Waals surface area contributed by atoms with Crippen molar-refractivity contribution >= 4 is 15.9 Å². The Balaban J connectivity index is 1.25. The number of hydrogen-bond acceptors (Lipinski definition) is 0. The zero-order chi connectivity index (χ0) is 20.3. The Morgan fingerprint density at radius 1 is 0.655 bits per heavy atom. The van der Waals surface area contributed by atoms with Gasteiger partial charge in [0.25, 0.3) is 0 Å². The van der Waals surface area contributed by atoms with Crippen LogP contribution in [0.2, 0.25) is 0 Å². The lowest BCUT2D eigenvalue weighted by atomic mass is 9.68. The van der Waals surface area contributed by atoms with E-state index in [0.29, 0.717) is 0 Å². The molecule has 29 heavy (non-hydrogen) atoms. The summed E-state index contributed by atoms with van der Waals surface area (Å²) >= 11 is 3.57. The molecule has 164 valence electrons. The van der Waals surface area contributed by atoms with Crippen molar-refractivity contribution < 1.29 is 0 Å². The molecular formula is C28H45Br. The van der Waals surface area contributed by atoms with Gasteiger partial charge in [-0.05, 0) is 79.9 Å². The number of halogens is 1. The van der Waals surface area contributed by atoms with E-state index in [1.165, 1.54) is 114 Å². The quantitative estimate of drug-likeness (QED) is 0.288. The third-order valence-electron chi connectivity index (χ3n) is 8.14. The SMILES string of the molecule is CCCCCCCCCC[C@H]1CC[C@H]([C@H]2CC[C@H](c3ccc(Br)cc3)CC2)CC1. The van der Waals surface area contributed by atoms with Crippen LogP contribution in [0.3, 0.4) is 0 Å². The van der Waals surface area contributed by atoms with Gasteiger partial charge in [-0.1, -0.05) is 106 Å². The zero-order valence-corrected chi connectivity index (χ0v) is 20.6. The molecule has 1 heteroatoms. The summed E-state index contributed by atoms with van der Waals surface area (Å²) in [5.74, 6) is 3.96. The Kier molecular flexibility index (Phi) is 10.6. The van der Waals surface area contributed by atoms with E-state index in [2.05, 4.69) is 47.1 Å². The van der Waals surface area contributed by atoms with E-state index in [1.54, 1.807) is 5.56 Å². The summed E-state index contributed by atoms with van der Waals surface area (Å²) in [7, 11) is 0. The van der Waals surface area contributed by atoms with Crippen LogP contribution in [0.1, 0.15) is 128 Å². The van der Waals surface area contributed by atoms with Gasteiger partial charge >= 0.3 is 0 Å². The number of rotatable bonds is 11. The molecule has 0 N–H and O–H groups in total. The number of unbranched alkanes of at least 4 members (excludes halogenated alkanes) is 7. The van der Waals surface area contributed by atoms with E-state index in [9.17, 15) is 0 Å². The predicted molar refractivity (Wildman–Crippen MR) is 132 cm³/mol. The average molecular weight is 462 g/mol. The Hall–Kier alpha value is -0.300. The first-order chi connectivity index (χ1) is 14.3. The Morgan fingerprint density at radius 3 is 1.76 bits per heavy atom. The smallest absolute Gasteiger partial charge is 0.0175 e. The summed E-state index contributed by atoms with van der Waals surface area (Å²) in [4.78, 5) is 0. The summed E-state index contributed by atoms with van der Waals surface area (Å²) in [5, 5.41) is 0. The van der Waals surface area contributed by atoms with Gasteiger partial charge in [0, 0.05) is 4.47 Å². The molecule has 0 nitrogen and oxygen atoms in total. The van der Waals surface area contributed by atoms with E-state index in [1.807, 2.05) is 0 Å². The first-order valence-corrected chi connectivity index (χ1v) is 13.8. The number of benzene rings is 1. The van der Waals surface area contributed by atoms with Gasteiger partial charge in [0.15, 0.2) is 0 Å². The van der Waals surface area contributed by atoms with Crippen LogP contribution < -0.4 is 0 Å². The van der Waals surface area contributed by atoms with E-state index < -0.39 is 0 Å². The number of hydrogen-bond donors (Lipinski definition) is 0. The van der Waals surface area contributed by atoms with E-state index >= 15 is 0 Å². The fraction of sp³-hybridized carbons (Fsp3) is 0.786. The summed E-state index contributed by atoms with van der Waals surface area (Å²) in [6.45, 7) is 2.31. The topological polar surface area (TPSA) is 0 Å². The maximum atomic E-state index is 3.57. The van der Waals surface area contributed by atoms with Crippen molar-refractivity contribution in [3.8, 4) is 0 Å². The van der Waals surface area contributed by atoms with Crippen LogP contribution in [-0.4, -0.2) is 0 Å². The highest BCUT2D eigenvalue weighted by Crippen LogP contribution is 2.44. The third kappa shape index (κ3) is 8.04. The van der Waals surface area contributed by atoms with Gasteiger partial charge in [-0.25, -0.2) is 0 Å². The molecular weight excluding hydrogens is 416 g/mol. The minimum absolute atomic E-state index is 0.817. The Morgan fingerprint density at radius 2 is 1.17 bits per heavy atom. The maximum Gasteiger partial charge on any atom is 0.0175 e. The largest absolute Gasteiger partial charge is 0.0654 e. The van der Waals surface area contributed by atoms with Gasteiger partial charge in [0.1, 0.15) is 0 Å². The second-order valence-electron chi connectivity index (χ2n) is 10.2. The van der Waals surface area contributed by atoms with Crippen LogP contribution in [0, 0.1) is 17.8 Å². The van der Waals surface area contributed by atoms with Gasteiger partial charge in [-0.2, -0.15) is 0 Å². The summed E-state index contributed by atoms with van der Waals surface area (Å²) in [6.07, 6.45) is 25.2.